The molecular formula is C12H10F5N3. The molecule has 0 aliphatic rings. The largest absolute Gasteiger partial charge is 0.308 e. The first kappa shape index (κ1) is 14.4. The average Bonchev–Trinajstić information content (AvgIpc) is 2.85. The van der Waals surface area contributed by atoms with Crippen molar-refractivity contribution < 1.29 is 22.0 Å². The van der Waals surface area contributed by atoms with E-state index in [1.165, 1.54) is 24.0 Å². The standard InChI is InChI=1S/C12H10F5N3/c1-18-12(5-3-4-20(2)19-5)6-7(13)9(15)11(17)10(16)8(6)14/h3-4,12,18H,1-2H3. The van der Waals surface area contributed by atoms with Gasteiger partial charge in [0, 0.05) is 13.2 Å². The van der Waals surface area contributed by atoms with Gasteiger partial charge >= 0.3 is 0 Å². The predicted octanol–water partition coefficient (Wildman–Crippen LogP) is 2.42. The number of halogens is 5. The summed E-state index contributed by atoms with van der Waals surface area (Å²) in [6, 6.07) is 0.167. The third-order valence-electron chi connectivity index (χ3n) is 2.85. The summed E-state index contributed by atoms with van der Waals surface area (Å²) in [5.74, 6) is -9.87. The first-order valence-electron chi connectivity index (χ1n) is 5.56. The van der Waals surface area contributed by atoms with Gasteiger partial charge in [-0.1, -0.05) is 0 Å². The fourth-order valence-electron chi connectivity index (χ4n) is 1.90. The Morgan fingerprint density at radius 1 is 1.00 bits per heavy atom. The lowest BCUT2D eigenvalue weighted by Crippen LogP contribution is -2.23. The molecule has 0 aliphatic carbocycles. The maximum atomic E-state index is 13.7. The van der Waals surface area contributed by atoms with Crippen molar-refractivity contribution in [1.82, 2.24) is 15.1 Å². The van der Waals surface area contributed by atoms with Crippen molar-refractivity contribution in [2.75, 3.05) is 7.05 Å². The van der Waals surface area contributed by atoms with Crippen LogP contribution in [0.4, 0.5) is 22.0 Å². The SMILES string of the molecule is CNC(c1ccn(C)n1)c1c(F)c(F)c(F)c(F)c1F. The number of aromatic nitrogens is 2. The highest BCUT2D eigenvalue weighted by atomic mass is 19.2. The number of hydrogen-bond acceptors (Lipinski definition) is 2. The molecule has 2 aromatic rings. The molecule has 0 bridgehead atoms. The summed E-state index contributed by atoms with van der Waals surface area (Å²) in [5, 5.41) is 6.40. The lowest BCUT2D eigenvalue weighted by Gasteiger charge is -2.17. The van der Waals surface area contributed by atoms with Crippen molar-refractivity contribution in [3.05, 3.63) is 52.6 Å². The average molecular weight is 291 g/mol. The van der Waals surface area contributed by atoms with E-state index in [2.05, 4.69) is 10.4 Å². The van der Waals surface area contributed by atoms with Crippen molar-refractivity contribution in [3.8, 4) is 0 Å². The summed E-state index contributed by atoms with van der Waals surface area (Å²) in [4.78, 5) is 0. The molecule has 0 radical (unpaired) electrons. The molecule has 1 unspecified atom stereocenters. The minimum absolute atomic E-state index is 0.137. The number of nitrogens with one attached hydrogen (secondary N) is 1. The second-order valence-electron chi connectivity index (χ2n) is 4.12. The number of nitrogens with zero attached hydrogens (tertiary/aromatic N) is 2. The van der Waals surface area contributed by atoms with Crippen LogP contribution in [-0.4, -0.2) is 16.8 Å². The number of rotatable bonds is 3. The molecule has 3 nitrogen and oxygen atoms in total. The van der Waals surface area contributed by atoms with Crippen molar-refractivity contribution >= 4 is 0 Å². The zero-order valence-corrected chi connectivity index (χ0v) is 10.5. The van der Waals surface area contributed by atoms with Gasteiger partial charge in [0.05, 0.1) is 17.3 Å². The van der Waals surface area contributed by atoms with Crippen LogP contribution >= 0.6 is 0 Å². The van der Waals surface area contributed by atoms with Crippen LogP contribution < -0.4 is 5.32 Å². The number of hydrogen-bond donors (Lipinski definition) is 1. The van der Waals surface area contributed by atoms with E-state index in [0.717, 1.165) is 0 Å². The fraction of sp³-hybridized carbons (Fsp3) is 0.250. The Bertz CT molecular complexity index is 624. The Labute approximate surface area is 111 Å². The highest BCUT2D eigenvalue weighted by Gasteiger charge is 2.31. The normalized spacial score (nSPS) is 12.8. The van der Waals surface area contributed by atoms with Gasteiger partial charge in [-0.3, -0.25) is 4.68 Å². The third-order valence-corrected chi connectivity index (χ3v) is 2.85. The van der Waals surface area contributed by atoms with Gasteiger partial charge in [0.25, 0.3) is 0 Å². The van der Waals surface area contributed by atoms with Gasteiger partial charge in [-0.15, -0.1) is 0 Å². The molecule has 20 heavy (non-hydrogen) atoms. The van der Waals surface area contributed by atoms with Crippen LogP contribution in [0.15, 0.2) is 12.3 Å². The van der Waals surface area contributed by atoms with Crippen LogP contribution in [0.5, 0.6) is 0 Å². The van der Waals surface area contributed by atoms with Crippen LogP contribution in [0.25, 0.3) is 0 Å². The quantitative estimate of drug-likeness (QED) is 0.535. The Hall–Kier alpha value is -1.96. The minimum Gasteiger partial charge on any atom is -0.308 e. The van der Waals surface area contributed by atoms with E-state index in [9.17, 15) is 22.0 Å². The number of benzene rings is 1. The van der Waals surface area contributed by atoms with E-state index in [1.54, 1.807) is 7.05 Å². The molecule has 108 valence electrons. The highest BCUT2D eigenvalue weighted by molar-refractivity contribution is 5.32. The molecule has 8 heteroatoms. The van der Waals surface area contributed by atoms with Crippen LogP contribution in [-0.2, 0) is 7.05 Å². The van der Waals surface area contributed by atoms with Gasteiger partial charge in [0.1, 0.15) is 0 Å². The molecule has 1 aromatic heterocycles. The van der Waals surface area contributed by atoms with E-state index >= 15 is 0 Å². The summed E-state index contributed by atoms with van der Waals surface area (Å²) < 4.78 is 68.2. The van der Waals surface area contributed by atoms with E-state index in [1.807, 2.05) is 0 Å². The molecule has 0 amide bonds. The van der Waals surface area contributed by atoms with E-state index in [4.69, 9.17) is 0 Å². The maximum absolute atomic E-state index is 13.7. The predicted molar refractivity (Wildman–Crippen MR) is 60.3 cm³/mol. The molecule has 2 rings (SSSR count). The Morgan fingerprint density at radius 3 is 1.90 bits per heavy atom. The van der Waals surface area contributed by atoms with Gasteiger partial charge in [0.2, 0.25) is 5.82 Å². The molecule has 0 saturated heterocycles. The minimum atomic E-state index is -2.18. The van der Waals surface area contributed by atoms with Gasteiger partial charge in [-0.2, -0.15) is 5.10 Å². The van der Waals surface area contributed by atoms with Gasteiger partial charge in [0.15, 0.2) is 23.3 Å². The molecule has 1 atom stereocenters. The molecule has 0 fully saturated rings. The van der Waals surface area contributed by atoms with E-state index in [-0.39, 0.29) is 5.69 Å². The maximum Gasteiger partial charge on any atom is 0.200 e. The van der Waals surface area contributed by atoms with Crippen LogP contribution in [0.1, 0.15) is 17.3 Å². The smallest absolute Gasteiger partial charge is 0.200 e. The second-order valence-corrected chi connectivity index (χ2v) is 4.12. The first-order chi connectivity index (χ1) is 9.38. The van der Waals surface area contributed by atoms with Crippen LogP contribution in [0.2, 0.25) is 0 Å². The van der Waals surface area contributed by atoms with Gasteiger partial charge in [-0.05, 0) is 13.1 Å². The summed E-state index contributed by atoms with van der Waals surface area (Å²) in [7, 11) is 2.89. The lowest BCUT2D eigenvalue weighted by molar-refractivity contribution is 0.363. The van der Waals surface area contributed by atoms with Crippen molar-refractivity contribution in [2.24, 2.45) is 7.05 Å². The zero-order chi connectivity index (χ0) is 15.0. The molecular weight excluding hydrogens is 281 g/mol. The molecule has 0 aliphatic heterocycles. The summed E-state index contributed by atoms with van der Waals surface area (Å²) in [6.07, 6.45) is 1.49. The summed E-state index contributed by atoms with van der Waals surface area (Å²) >= 11 is 0. The lowest BCUT2D eigenvalue weighted by atomic mass is 10.0. The monoisotopic (exact) mass is 291 g/mol. The third kappa shape index (κ3) is 2.15. The topological polar surface area (TPSA) is 29.9 Å². The van der Waals surface area contributed by atoms with Crippen molar-refractivity contribution in [2.45, 2.75) is 6.04 Å². The first-order valence-corrected chi connectivity index (χ1v) is 5.56. The Morgan fingerprint density at radius 2 is 1.50 bits per heavy atom. The molecule has 1 heterocycles. The molecule has 1 aromatic carbocycles. The number of aryl methyl sites for hydroxylation is 1. The summed E-state index contributed by atoms with van der Waals surface area (Å²) in [6.45, 7) is 0. The molecule has 1 N–H and O–H groups in total. The Balaban J connectivity index is 2.67. The second kappa shape index (κ2) is 5.20. The van der Waals surface area contributed by atoms with Gasteiger partial charge < -0.3 is 5.32 Å². The van der Waals surface area contributed by atoms with Crippen molar-refractivity contribution in [3.63, 3.8) is 0 Å². The van der Waals surface area contributed by atoms with Crippen molar-refractivity contribution in [1.29, 1.82) is 0 Å². The van der Waals surface area contributed by atoms with Crippen LogP contribution in [0, 0.1) is 29.1 Å². The molecule has 0 saturated carbocycles. The van der Waals surface area contributed by atoms with E-state index < -0.39 is 40.7 Å². The fourth-order valence-corrected chi connectivity index (χ4v) is 1.90. The summed E-state index contributed by atoms with van der Waals surface area (Å²) in [5.41, 5.74) is -0.819. The molecule has 0 spiro atoms. The van der Waals surface area contributed by atoms with E-state index in [0.29, 0.717) is 0 Å². The zero-order valence-electron chi connectivity index (χ0n) is 10.5. The van der Waals surface area contributed by atoms with Crippen LogP contribution in [0.3, 0.4) is 0 Å². The van der Waals surface area contributed by atoms with Gasteiger partial charge in [-0.25, -0.2) is 22.0 Å². The Kier molecular flexibility index (Phi) is 3.76. The highest BCUT2D eigenvalue weighted by Crippen LogP contribution is 2.30.